The van der Waals surface area contributed by atoms with Crippen LogP contribution in [0.3, 0.4) is 0 Å². The summed E-state index contributed by atoms with van der Waals surface area (Å²) in [4.78, 5) is 23.9. The highest BCUT2D eigenvalue weighted by Gasteiger charge is 2.20. The standard InChI is InChI=1S/C17H15F2NO4/c1-10(16(21)20-12-4-6-13(23-2)7-5-12)24-17(22)11-3-8-14(18)15(19)9-11/h3-10H,1-2H3,(H,20,21). The molecule has 0 spiro atoms. The van der Waals surface area contributed by atoms with Crippen LogP contribution in [0.2, 0.25) is 0 Å². The van der Waals surface area contributed by atoms with Crippen LogP contribution in [0.1, 0.15) is 17.3 Å². The molecule has 0 radical (unpaired) electrons. The third kappa shape index (κ3) is 4.28. The van der Waals surface area contributed by atoms with Crippen molar-refractivity contribution in [3.05, 3.63) is 59.7 Å². The van der Waals surface area contributed by atoms with Crippen molar-refractivity contribution < 1.29 is 27.8 Å². The van der Waals surface area contributed by atoms with Crippen LogP contribution in [-0.2, 0) is 9.53 Å². The van der Waals surface area contributed by atoms with Gasteiger partial charge >= 0.3 is 5.97 Å². The molecular weight excluding hydrogens is 320 g/mol. The Bertz CT molecular complexity index is 747. The van der Waals surface area contributed by atoms with Gasteiger partial charge in [0.15, 0.2) is 17.7 Å². The molecule has 1 unspecified atom stereocenters. The fourth-order valence-corrected chi connectivity index (χ4v) is 1.82. The van der Waals surface area contributed by atoms with E-state index in [-0.39, 0.29) is 5.56 Å². The molecule has 0 saturated heterocycles. The van der Waals surface area contributed by atoms with Gasteiger partial charge < -0.3 is 14.8 Å². The van der Waals surface area contributed by atoms with E-state index in [0.717, 1.165) is 12.1 Å². The Labute approximate surface area is 137 Å². The minimum atomic E-state index is -1.17. The summed E-state index contributed by atoms with van der Waals surface area (Å²) in [5.74, 6) is -3.09. The molecule has 0 heterocycles. The molecule has 126 valence electrons. The second-order valence-electron chi connectivity index (χ2n) is 4.89. The Balaban J connectivity index is 1.97. The zero-order chi connectivity index (χ0) is 17.7. The van der Waals surface area contributed by atoms with Gasteiger partial charge in [0.25, 0.3) is 5.91 Å². The van der Waals surface area contributed by atoms with E-state index < -0.39 is 29.6 Å². The van der Waals surface area contributed by atoms with E-state index in [9.17, 15) is 18.4 Å². The Hall–Kier alpha value is -2.96. The first-order valence-electron chi connectivity index (χ1n) is 7.01. The van der Waals surface area contributed by atoms with Gasteiger partial charge in [-0.05, 0) is 49.4 Å². The van der Waals surface area contributed by atoms with E-state index >= 15 is 0 Å². The van der Waals surface area contributed by atoms with E-state index in [1.54, 1.807) is 24.3 Å². The number of amides is 1. The lowest BCUT2D eigenvalue weighted by molar-refractivity contribution is -0.123. The summed E-state index contributed by atoms with van der Waals surface area (Å²) in [5, 5.41) is 2.56. The maximum absolute atomic E-state index is 13.1. The largest absolute Gasteiger partial charge is 0.497 e. The molecule has 0 aromatic heterocycles. The highest BCUT2D eigenvalue weighted by atomic mass is 19.2. The van der Waals surface area contributed by atoms with E-state index in [2.05, 4.69) is 5.32 Å². The summed E-state index contributed by atoms with van der Waals surface area (Å²) < 4.78 is 35.9. The topological polar surface area (TPSA) is 64.6 Å². The van der Waals surface area contributed by atoms with Crippen molar-refractivity contribution in [1.82, 2.24) is 0 Å². The molecule has 1 atom stereocenters. The maximum Gasteiger partial charge on any atom is 0.339 e. The van der Waals surface area contributed by atoms with Crippen molar-refractivity contribution in [2.24, 2.45) is 0 Å². The molecule has 0 saturated carbocycles. The van der Waals surface area contributed by atoms with Crippen molar-refractivity contribution in [3.8, 4) is 5.75 Å². The second kappa shape index (κ2) is 7.54. The van der Waals surface area contributed by atoms with Gasteiger partial charge in [-0.1, -0.05) is 0 Å². The van der Waals surface area contributed by atoms with Gasteiger partial charge in [0.1, 0.15) is 5.75 Å². The van der Waals surface area contributed by atoms with Crippen LogP contribution in [-0.4, -0.2) is 25.1 Å². The fraction of sp³-hybridized carbons (Fsp3) is 0.176. The minimum Gasteiger partial charge on any atom is -0.497 e. The molecule has 1 amide bonds. The minimum absolute atomic E-state index is 0.182. The molecule has 7 heteroatoms. The Morgan fingerprint density at radius 2 is 1.71 bits per heavy atom. The Morgan fingerprint density at radius 1 is 1.04 bits per heavy atom. The SMILES string of the molecule is COc1ccc(NC(=O)C(C)OC(=O)c2ccc(F)c(F)c2)cc1. The number of carbonyl (C=O) groups is 2. The van der Waals surface area contributed by atoms with Crippen LogP contribution in [0.15, 0.2) is 42.5 Å². The van der Waals surface area contributed by atoms with Crippen LogP contribution in [0, 0.1) is 11.6 Å². The van der Waals surface area contributed by atoms with Crippen LogP contribution in [0.5, 0.6) is 5.75 Å². The molecule has 1 N–H and O–H groups in total. The number of hydrogen-bond acceptors (Lipinski definition) is 4. The lowest BCUT2D eigenvalue weighted by atomic mass is 10.2. The average Bonchev–Trinajstić information content (AvgIpc) is 2.57. The zero-order valence-electron chi connectivity index (χ0n) is 13.0. The monoisotopic (exact) mass is 335 g/mol. The van der Waals surface area contributed by atoms with Crippen LogP contribution in [0.25, 0.3) is 0 Å². The summed E-state index contributed by atoms with van der Waals surface area (Å²) in [6.45, 7) is 1.37. The van der Waals surface area contributed by atoms with Crippen molar-refractivity contribution in [1.29, 1.82) is 0 Å². The molecule has 2 aromatic rings. The van der Waals surface area contributed by atoms with Gasteiger partial charge in [0.05, 0.1) is 12.7 Å². The summed E-state index contributed by atoms with van der Waals surface area (Å²) in [5.41, 5.74) is 0.314. The molecule has 2 aromatic carbocycles. The summed E-state index contributed by atoms with van der Waals surface area (Å²) in [6, 6.07) is 9.18. The molecule has 0 aliphatic heterocycles. The van der Waals surface area contributed by atoms with Gasteiger partial charge in [0.2, 0.25) is 0 Å². The van der Waals surface area contributed by atoms with Gasteiger partial charge in [-0.3, -0.25) is 4.79 Å². The number of nitrogens with one attached hydrogen (secondary N) is 1. The van der Waals surface area contributed by atoms with Crippen LogP contribution < -0.4 is 10.1 Å². The number of esters is 1. The predicted octanol–water partition coefficient (Wildman–Crippen LogP) is 3.16. The first-order valence-corrected chi connectivity index (χ1v) is 7.01. The normalized spacial score (nSPS) is 11.5. The third-order valence-electron chi connectivity index (χ3n) is 3.17. The predicted molar refractivity (Wildman–Crippen MR) is 82.9 cm³/mol. The van der Waals surface area contributed by atoms with Crippen molar-refractivity contribution in [2.45, 2.75) is 13.0 Å². The Kier molecular flexibility index (Phi) is 5.47. The van der Waals surface area contributed by atoms with E-state index in [0.29, 0.717) is 17.5 Å². The van der Waals surface area contributed by atoms with Gasteiger partial charge in [-0.2, -0.15) is 0 Å². The van der Waals surface area contributed by atoms with Gasteiger partial charge in [-0.15, -0.1) is 0 Å². The van der Waals surface area contributed by atoms with E-state index in [1.165, 1.54) is 14.0 Å². The van der Waals surface area contributed by atoms with Gasteiger partial charge in [0, 0.05) is 5.69 Å². The number of rotatable bonds is 5. The number of hydrogen-bond donors (Lipinski definition) is 1. The molecule has 0 aliphatic carbocycles. The first kappa shape index (κ1) is 17.4. The number of carbonyl (C=O) groups excluding carboxylic acids is 2. The lowest BCUT2D eigenvalue weighted by Gasteiger charge is -2.14. The first-order chi connectivity index (χ1) is 11.4. The van der Waals surface area contributed by atoms with Crippen molar-refractivity contribution >= 4 is 17.6 Å². The number of methoxy groups -OCH3 is 1. The smallest absolute Gasteiger partial charge is 0.339 e. The summed E-state index contributed by atoms with van der Waals surface area (Å²) in [7, 11) is 1.52. The van der Waals surface area contributed by atoms with Crippen LogP contribution >= 0.6 is 0 Å². The highest BCUT2D eigenvalue weighted by molar-refractivity contribution is 5.97. The average molecular weight is 335 g/mol. The number of benzene rings is 2. The van der Waals surface area contributed by atoms with Crippen molar-refractivity contribution in [2.75, 3.05) is 12.4 Å². The van der Waals surface area contributed by atoms with E-state index in [4.69, 9.17) is 9.47 Å². The second-order valence-corrected chi connectivity index (χ2v) is 4.89. The summed E-state index contributed by atoms with van der Waals surface area (Å²) in [6.07, 6.45) is -1.12. The fourth-order valence-electron chi connectivity index (χ4n) is 1.82. The van der Waals surface area contributed by atoms with Gasteiger partial charge in [-0.25, -0.2) is 13.6 Å². The maximum atomic E-state index is 13.1. The number of ether oxygens (including phenoxy) is 2. The number of anilines is 1. The molecule has 5 nitrogen and oxygen atoms in total. The zero-order valence-corrected chi connectivity index (χ0v) is 13.0. The lowest BCUT2D eigenvalue weighted by Crippen LogP contribution is -2.30. The van der Waals surface area contributed by atoms with Crippen molar-refractivity contribution in [3.63, 3.8) is 0 Å². The molecule has 24 heavy (non-hydrogen) atoms. The molecule has 2 rings (SSSR count). The number of halogens is 2. The third-order valence-corrected chi connectivity index (χ3v) is 3.17. The highest BCUT2D eigenvalue weighted by Crippen LogP contribution is 2.16. The summed E-state index contributed by atoms with van der Waals surface area (Å²) >= 11 is 0. The van der Waals surface area contributed by atoms with E-state index in [1.807, 2.05) is 0 Å². The molecule has 0 fully saturated rings. The quantitative estimate of drug-likeness (QED) is 0.853. The molecule has 0 bridgehead atoms. The Morgan fingerprint density at radius 3 is 2.29 bits per heavy atom. The molecule has 0 aliphatic rings. The molecular formula is C17H15F2NO4. The van der Waals surface area contributed by atoms with Crippen LogP contribution in [0.4, 0.5) is 14.5 Å².